The lowest BCUT2D eigenvalue weighted by atomic mass is 10.1. The van der Waals surface area contributed by atoms with Crippen molar-refractivity contribution in [2.75, 3.05) is 0 Å². The molecule has 7 nitrogen and oxygen atoms in total. The van der Waals surface area contributed by atoms with Crippen molar-refractivity contribution < 1.29 is 4.79 Å². The molecule has 0 bridgehead atoms. The molecular weight excluding hydrogens is 420 g/mol. The minimum Gasteiger partial charge on any atom is -0.365 e. The van der Waals surface area contributed by atoms with Crippen molar-refractivity contribution in [2.45, 2.75) is 6.92 Å². The fourth-order valence-electron chi connectivity index (χ4n) is 3.95. The SMILES string of the molecule is Cc1ccc(C#N)cc1-n1c(=N)n(C)c2cnc3ccc(-c4ccc(C(N)=O)s4)cc3c21. The van der Waals surface area contributed by atoms with E-state index in [2.05, 4.69) is 11.1 Å². The molecule has 0 saturated carbocycles. The molecule has 1 amide bonds. The average molecular weight is 439 g/mol. The maximum Gasteiger partial charge on any atom is 0.258 e. The molecule has 32 heavy (non-hydrogen) atoms. The van der Waals surface area contributed by atoms with Crippen LogP contribution in [0.25, 0.3) is 38.1 Å². The molecule has 0 aliphatic heterocycles. The number of nitrogens with two attached hydrogens (primary N) is 1. The zero-order chi connectivity index (χ0) is 22.6. The molecule has 2 aromatic carbocycles. The van der Waals surface area contributed by atoms with Crippen LogP contribution in [-0.4, -0.2) is 20.0 Å². The minimum atomic E-state index is -0.446. The summed E-state index contributed by atoms with van der Waals surface area (Å²) in [6.07, 6.45) is 1.77. The van der Waals surface area contributed by atoms with Crippen molar-refractivity contribution in [3.63, 3.8) is 0 Å². The molecule has 3 aromatic heterocycles. The highest BCUT2D eigenvalue weighted by Gasteiger charge is 2.17. The largest absolute Gasteiger partial charge is 0.365 e. The number of imidazole rings is 1. The number of rotatable bonds is 3. The van der Waals surface area contributed by atoms with Crippen molar-refractivity contribution in [3.8, 4) is 22.2 Å². The molecule has 0 fully saturated rings. The Morgan fingerprint density at radius 2 is 2.00 bits per heavy atom. The molecule has 5 rings (SSSR count). The highest BCUT2D eigenvalue weighted by Crippen LogP contribution is 2.33. The Labute approximate surface area is 187 Å². The zero-order valence-electron chi connectivity index (χ0n) is 17.4. The Hall–Kier alpha value is -4.22. The Bertz CT molecular complexity index is 1660. The number of hydrogen-bond donors (Lipinski definition) is 2. The minimum absolute atomic E-state index is 0.282. The Kier molecular flexibility index (Phi) is 4.43. The maximum absolute atomic E-state index is 11.5. The van der Waals surface area contributed by atoms with Crippen LogP contribution in [-0.2, 0) is 7.05 Å². The number of fused-ring (bicyclic) bond motifs is 3. The number of amides is 1. The number of aromatic nitrogens is 3. The van der Waals surface area contributed by atoms with Crippen molar-refractivity contribution in [1.29, 1.82) is 10.7 Å². The number of nitriles is 1. The molecule has 0 aliphatic carbocycles. The summed E-state index contributed by atoms with van der Waals surface area (Å²) in [5.74, 6) is -0.446. The summed E-state index contributed by atoms with van der Waals surface area (Å²) in [5.41, 5.74) is 11.4. The summed E-state index contributed by atoms with van der Waals surface area (Å²) in [4.78, 5) is 17.6. The van der Waals surface area contributed by atoms with E-state index < -0.39 is 5.91 Å². The number of nitrogens with zero attached hydrogens (tertiary/aromatic N) is 4. The second kappa shape index (κ2) is 7.18. The maximum atomic E-state index is 11.5. The van der Waals surface area contributed by atoms with E-state index in [1.54, 1.807) is 29.0 Å². The summed E-state index contributed by atoms with van der Waals surface area (Å²) < 4.78 is 3.64. The normalized spacial score (nSPS) is 11.2. The molecule has 3 heterocycles. The van der Waals surface area contributed by atoms with Crippen LogP contribution in [0.1, 0.15) is 20.8 Å². The Balaban J connectivity index is 1.86. The van der Waals surface area contributed by atoms with Gasteiger partial charge in [-0.05, 0) is 54.4 Å². The van der Waals surface area contributed by atoms with Crippen LogP contribution in [0.2, 0.25) is 0 Å². The summed E-state index contributed by atoms with van der Waals surface area (Å²) >= 11 is 1.34. The van der Waals surface area contributed by atoms with Gasteiger partial charge in [-0.2, -0.15) is 5.26 Å². The molecule has 0 atom stereocenters. The third kappa shape index (κ3) is 2.91. The van der Waals surface area contributed by atoms with Gasteiger partial charge < -0.3 is 10.3 Å². The van der Waals surface area contributed by atoms with Crippen molar-refractivity contribution in [2.24, 2.45) is 12.8 Å². The van der Waals surface area contributed by atoms with Gasteiger partial charge in [0.15, 0.2) is 0 Å². The van der Waals surface area contributed by atoms with Crippen LogP contribution in [0.15, 0.2) is 54.7 Å². The first-order chi connectivity index (χ1) is 15.4. The average Bonchev–Trinajstić information content (AvgIpc) is 3.38. The topological polar surface area (TPSA) is 113 Å². The molecule has 5 aromatic rings. The van der Waals surface area contributed by atoms with Crippen LogP contribution < -0.4 is 11.4 Å². The number of hydrogen-bond acceptors (Lipinski definition) is 5. The van der Waals surface area contributed by atoms with Crippen molar-refractivity contribution in [3.05, 3.63) is 76.4 Å². The summed E-state index contributed by atoms with van der Waals surface area (Å²) in [6, 6.07) is 17.2. The lowest BCUT2D eigenvalue weighted by Crippen LogP contribution is -2.21. The van der Waals surface area contributed by atoms with Crippen LogP contribution in [0.5, 0.6) is 0 Å². The van der Waals surface area contributed by atoms with Gasteiger partial charge in [0.2, 0.25) is 5.62 Å². The van der Waals surface area contributed by atoms with E-state index in [1.165, 1.54) is 11.3 Å². The highest BCUT2D eigenvalue weighted by molar-refractivity contribution is 7.17. The third-order valence-electron chi connectivity index (χ3n) is 5.65. The van der Waals surface area contributed by atoms with E-state index >= 15 is 0 Å². The fourth-order valence-corrected chi connectivity index (χ4v) is 4.81. The zero-order valence-corrected chi connectivity index (χ0v) is 18.2. The van der Waals surface area contributed by atoms with Crippen LogP contribution in [0, 0.1) is 23.7 Å². The molecule has 0 unspecified atom stereocenters. The van der Waals surface area contributed by atoms with Gasteiger partial charge in [-0.1, -0.05) is 12.1 Å². The predicted molar refractivity (Wildman–Crippen MR) is 125 cm³/mol. The van der Waals surface area contributed by atoms with Gasteiger partial charge in [0.1, 0.15) is 0 Å². The van der Waals surface area contributed by atoms with Gasteiger partial charge in [0.25, 0.3) is 5.91 Å². The summed E-state index contributed by atoms with van der Waals surface area (Å²) in [5, 5.41) is 19.1. The quantitative estimate of drug-likeness (QED) is 0.444. The van der Waals surface area contributed by atoms with E-state index in [9.17, 15) is 10.1 Å². The smallest absolute Gasteiger partial charge is 0.258 e. The third-order valence-corrected chi connectivity index (χ3v) is 6.80. The van der Waals surface area contributed by atoms with Gasteiger partial charge in [-0.3, -0.25) is 19.8 Å². The van der Waals surface area contributed by atoms with Gasteiger partial charge in [-0.15, -0.1) is 11.3 Å². The predicted octanol–water partition coefficient (Wildman–Crippen LogP) is 4.00. The summed E-state index contributed by atoms with van der Waals surface area (Å²) in [6.45, 7) is 1.97. The number of aryl methyl sites for hydroxylation is 2. The van der Waals surface area contributed by atoms with Crippen LogP contribution in [0.3, 0.4) is 0 Å². The second-order valence-corrected chi connectivity index (χ2v) is 8.67. The molecule has 8 heteroatoms. The number of carbonyl (C=O) groups is 1. The highest BCUT2D eigenvalue weighted by atomic mass is 32.1. The molecule has 0 spiro atoms. The van der Waals surface area contributed by atoms with Crippen molar-refractivity contribution >= 4 is 39.2 Å². The second-order valence-electron chi connectivity index (χ2n) is 7.58. The molecule has 156 valence electrons. The van der Waals surface area contributed by atoms with E-state index in [0.29, 0.717) is 10.4 Å². The van der Waals surface area contributed by atoms with Gasteiger partial charge in [0.05, 0.1) is 44.9 Å². The first-order valence-corrected chi connectivity index (χ1v) is 10.7. The van der Waals surface area contributed by atoms with Crippen molar-refractivity contribution in [1.82, 2.24) is 14.1 Å². The first-order valence-electron chi connectivity index (χ1n) is 9.85. The molecule has 0 saturated heterocycles. The number of benzene rings is 2. The van der Waals surface area contributed by atoms with Crippen LogP contribution >= 0.6 is 11.3 Å². The fraction of sp³-hybridized carbons (Fsp3) is 0.0833. The number of nitrogens with one attached hydrogen (secondary N) is 1. The van der Waals surface area contributed by atoms with E-state index in [0.717, 1.165) is 43.6 Å². The first kappa shape index (κ1) is 19.7. The number of pyridine rings is 1. The standard InChI is InChI=1S/C24H18N6OS/c1-13-3-4-14(11-25)9-18(13)30-22-16-10-15(20-7-8-21(32-20)23(26)31)5-6-17(16)28-12-19(22)29(2)24(30)27/h3-10,12,27H,1-2H3,(H2,26,31). The van der Waals surface area contributed by atoms with E-state index in [-0.39, 0.29) is 5.62 Å². The molecule has 3 N–H and O–H groups in total. The number of primary amides is 1. The molecule has 0 radical (unpaired) electrons. The molecule has 0 aliphatic rings. The lowest BCUT2D eigenvalue weighted by Gasteiger charge is -2.11. The monoisotopic (exact) mass is 438 g/mol. The van der Waals surface area contributed by atoms with Gasteiger partial charge in [-0.25, -0.2) is 0 Å². The number of carbonyl (C=O) groups excluding carboxylic acids is 1. The lowest BCUT2D eigenvalue weighted by molar-refractivity contribution is 0.100. The van der Waals surface area contributed by atoms with E-state index in [1.807, 2.05) is 48.9 Å². The van der Waals surface area contributed by atoms with Gasteiger partial charge >= 0.3 is 0 Å². The Morgan fingerprint density at radius 3 is 2.72 bits per heavy atom. The number of thiophene rings is 1. The van der Waals surface area contributed by atoms with Crippen LogP contribution in [0.4, 0.5) is 0 Å². The van der Waals surface area contributed by atoms with Gasteiger partial charge in [0, 0.05) is 17.3 Å². The Morgan fingerprint density at radius 1 is 1.19 bits per heavy atom. The summed E-state index contributed by atoms with van der Waals surface area (Å²) in [7, 11) is 1.83. The molecular formula is C24H18N6OS. The van der Waals surface area contributed by atoms with E-state index in [4.69, 9.17) is 11.1 Å².